The standard InChI is InChI=1S/C17H26N4O2/c1-12(2)7-6-8-13(3)9-10-21-16(22)14-15(18-11-19(14)4)20(5)17(21)23/h7,11,13H,6,8-10H2,1-5H3. The Morgan fingerprint density at radius 3 is 2.61 bits per heavy atom. The molecule has 0 aromatic carbocycles. The Labute approximate surface area is 136 Å². The van der Waals surface area contributed by atoms with E-state index in [1.807, 2.05) is 0 Å². The molecule has 2 aromatic rings. The van der Waals surface area contributed by atoms with Crippen molar-refractivity contribution in [3.63, 3.8) is 0 Å². The van der Waals surface area contributed by atoms with Crippen LogP contribution in [0.3, 0.4) is 0 Å². The Kier molecular flexibility index (Phi) is 5.23. The SMILES string of the molecule is CC(C)=CCCC(C)CCn1c(=O)c2c(ncn2C)n(C)c1=O. The predicted molar refractivity (Wildman–Crippen MR) is 92.7 cm³/mol. The van der Waals surface area contributed by atoms with E-state index in [-0.39, 0.29) is 11.2 Å². The smallest absolute Gasteiger partial charge is 0.328 e. The van der Waals surface area contributed by atoms with E-state index >= 15 is 0 Å². The molecule has 0 aliphatic carbocycles. The van der Waals surface area contributed by atoms with Crippen molar-refractivity contribution in [1.82, 2.24) is 18.7 Å². The van der Waals surface area contributed by atoms with Gasteiger partial charge in [0.1, 0.15) is 0 Å². The molecule has 0 N–H and O–H groups in total. The van der Waals surface area contributed by atoms with Crippen LogP contribution < -0.4 is 11.2 Å². The zero-order chi connectivity index (χ0) is 17.1. The fourth-order valence-electron chi connectivity index (χ4n) is 2.74. The van der Waals surface area contributed by atoms with Crippen molar-refractivity contribution in [2.75, 3.05) is 0 Å². The largest absolute Gasteiger partial charge is 0.332 e. The predicted octanol–water partition coefficient (Wildman–Crippen LogP) is 2.21. The number of hydrogen-bond donors (Lipinski definition) is 0. The number of allylic oxidation sites excluding steroid dienone is 2. The van der Waals surface area contributed by atoms with Gasteiger partial charge < -0.3 is 4.57 Å². The van der Waals surface area contributed by atoms with Crippen molar-refractivity contribution in [2.45, 2.75) is 46.6 Å². The number of fused-ring (bicyclic) bond motifs is 1. The number of rotatable bonds is 6. The molecule has 2 rings (SSSR count). The Morgan fingerprint density at radius 1 is 1.26 bits per heavy atom. The lowest BCUT2D eigenvalue weighted by atomic mass is 10.0. The molecular formula is C17H26N4O2. The summed E-state index contributed by atoms with van der Waals surface area (Å²) >= 11 is 0. The lowest BCUT2D eigenvalue weighted by molar-refractivity contribution is 0.439. The second-order valence-electron chi connectivity index (χ2n) is 6.58. The van der Waals surface area contributed by atoms with Crippen molar-refractivity contribution in [2.24, 2.45) is 20.0 Å². The molecule has 0 aliphatic heterocycles. The van der Waals surface area contributed by atoms with Gasteiger partial charge in [-0.3, -0.25) is 13.9 Å². The van der Waals surface area contributed by atoms with Crippen LogP contribution in [0.4, 0.5) is 0 Å². The highest BCUT2D eigenvalue weighted by atomic mass is 16.2. The summed E-state index contributed by atoms with van der Waals surface area (Å²) in [6.07, 6.45) is 6.71. The fraction of sp³-hybridized carbons (Fsp3) is 0.588. The monoisotopic (exact) mass is 318 g/mol. The van der Waals surface area contributed by atoms with E-state index in [4.69, 9.17) is 0 Å². The number of aryl methyl sites for hydroxylation is 2. The van der Waals surface area contributed by atoms with Gasteiger partial charge in [0.15, 0.2) is 11.2 Å². The van der Waals surface area contributed by atoms with Crippen LogP contribution in [0, 0.1) is 5.92 Å². The van der Waals surface area contributed by atoms with Gasteiger partial charge in [-0.2, -0.15) is 0 Å². The second kappa shape index (κ2) is 6.98. The quantitative estimate of drug-likeness (QED) is 0.767. The molecule has 23 heavy (non-hydrogen) atoms. The highest BCUT2D eigenvalue weighted by Gasteiger charge is 2.15. The Hall–Kier alpha value is -2.11. The van der Waals surface area contributed by atoms with Gasteiger partial charge in [-0.25, -0.2) is 9.78 Å². The van der Waals surface area contributed by atoms with Crippen LogP contribution in [0.2, 0.25) is 0 Å². The van der Waals surface area contributed by atoms with Crippen LogP contribution in [0.25, 0.3) is 11.2 Å². The molecule has 2 aromatic heterocycles. The van der Waals surface area contributed by atoms with E-state index in [1.54, 1.807) is 25.0 Å². The summed E-state index contributed by atoms with van der Waals surface area (Å²) in [7, 11) is 3.43. The highest BCUT2D eigenvalue weighted by Crippen LogP contribution is 2.12. The van der Waals surface area contributed by atoms with E-state index in [0.717, 1.165) is 19.3 Å². The molecule has 0 aliphatic rings. The Balaban J connectivity index is 2.21. The average molecular weight is 318 g/mol. The molecule has 0 spiro atoms. The molecular weight excluding hydrogens is 292 g/mol. The highest BCUT2D eigenvalue weighted by molar-refractivity contribution is 5.69. The normalized spacial score (nSPS) is 12.6. The van der Waals surface area contributed by atoms with Crippen LogP contribution >= 0.6 is 0 Å². The van der Waals surface area contributed by atoms with Crippen LogP contribution in [0.15, 0.2) is 27.6 Å². The first-order valence-electron chi connectivity index (χ1n) is 8.07. The van der Waals surface area contributed by atoms with E-state index in [2.05, 4.69) is 31.8 Å². The van der Waals surface area contributed by atoms with Crippen molar-refractivity contribution in [3.8, 4) is 0 Å². The molecule has 1 unspecified atom stereocenters. The lowest BCUT2D eigenvalue weighted by Crippen LogP contribution is -2.39. The van der Waals surface area contributed by atoms with Crippen molar-refractivity contribution < 1.29 is 0 Å². The molecule has 6 nitrogen and oxygen atoms in total. The molecule has 0 radical (unpaired) electrons. The fourth-order valence-corrected chi connectivity index (χ4v) is 2.74. The van der Waals surface area contributed by atoms with Crippen molar-refractivity contribution >= 4 is 11.2 Å². The first kappa shape index (κ1) is 17.2. The Bertz CT molecular complexity index is 835. The molecule has 126 valence electrons. The van der Waals surface area contributed by atoms with E-state index in [0.29, 0.717) is 23.6 Å². The Morgan fingerprint density at radius 2 is 1.96 bits per heavy atom. The summed E-state index contributed by atoms with van der Waals surface area (Å²) in [4.78, 5) is 29.1. The molecule has 1 atom stereocenters. The van der Waals surface area contributed by atoms with E-state index in [1.165, 1.54) is 14.7 Å². The number of aromatic nitrogens is 4. The maximum absolute atomic E-state index is 12.6. The summed E-state index contributed by atoms with van der Waals surface area (Å²) < 4.78 is 4.46. The third kappa shape index (κ3) is 3.63. The van der Waals surface area contributed by atoms with Gasteiger partial charge in [0.25, 0.3) is 5.56 Å². The summed E-state index contributed by atoms with van der Waals surface area (Å²) in [5.41, 5.74) is 1.70. The third-order valence-electron chi connectivity index (χ3n) is 4.26. The van der Waals surface area contributed by atoms with Crippen LogP contribution in [-0.4, -0.2) is 18.7 Å². The van der Waals surface area contributed by atoms with Gasteiger partial charge in [-0.15, -0.1) is 0 Å². The zero-order valence-corrected chi connectivity index (χ0v) is 14.7. The van der Waals surface area contributed by atoms with E-state index < -0.39 is 0 Å². The molecule has 0 fully saturated rings. The first-order chi connectivity index (χ1) is 10.8. The molecule has 2 heterocycles. The molecule has 0 bridgehead atoms. The van der Waals surface area contributed by atoms with E-state index in [9.17, 15) is 9.59 Å². The summed E-state index contributed by atoms with van der Waals surface area (Å²) in [5, 5.41) is 0. The summed E-state index contributed by atoms with van der Waals surface area (Å²) in [6.45, 7) is 6.80. The topological polar surface area (TPSA) is 61.8 Å². The molecule has 0 amide bonds. The minimum absolute atomic E-state index is 0.250. The maximum Gasteiger partial charge on any atom is 0.332 e. The number of nitrogens with zero attached hydrogens (tertiary/aromatic N) is 4. The molecule has 0 saturated carbocycles. The third-order valence-corrected chi connectivity index (χ3v) is 4.26. The average Bonchev–Trinajstić information content (AvgIpc) is 2.86. The minimum atomic E-state index is -0.294. The van der Waals surface area contributed by atoms with Crippen molar-refractivity contribution in [1.29, 1.82) is 0 Å². The zero-order valence-electron chi connectivity index (χ0n) is 14.7. The lowest BCUT2D eigenvalue weighted by Gasteiger charge is -2.12. The second-order valence-corrected chi connectivity index (χ2v) is 6.58. The minimum Gasteiger partial charge on any atom is -0.328 e. The maximum atomic E-state index is 12.6. The van der Waals surface area contributed by atoms with Gasteiger partial charge in [0.05, 0.1) is 6.33 Å². The van der Waals surface area contributed by atoms with Crippen molar-refractivity contribution in [3.05, 3.63) is 38.8 Å². The van der Waals surface area contributed by atoms with Gasteiger partial charge >= 0.3 is 5.69 Å². The molecule has 6 heteroatoms. The van der Waals surface area contributed by atoms with Crippen LogP contribution in [0.1, 0.15) is 40.0 Å². The van der Waals surface area contributed by atoms with Gasteiger partial charge in [0, 0.05) is 20.6 Å². The first-order valence-corrected chi connectivity index (χ1v) is 8.07. The van der Waals surface area contributed by atoms with Gasteiger partial charge in [0.2, 0.25) is 0 Å². The van der Waals surface area contributed by atoms with Crippen LogP contribution in [-0.2, 0) is 20.6 Å². The van der Waals surface area contributed by atoms with Gasteiger partial charge in [-0.05, 0) is 39.0 Å². The number of imidazole rings is 1. The molecule has 0 saturated heterocycles. The summed E-state index contributed by atoms with van der Waals surface area (Å²) in [6, 6.07) is 0. The van der Waals surface area contributed by atoms with Gasteiger partial charge in [-0.1, -0.05) is 18.6 Å². The number of hydrogen-bond acceptors (Lipinski definition) is 3. The van der Waals surface area contributed by atoms with Crippen LogP contribution in [0.5, 0.6) is 0 Å². The summed E-state index contributed by atoms with van der Waals surface area (Å²) in [5.74, 6) is 0.462.